The molecule has 0 fully saturated rings. The Kier molecular flexibility index (Phi) is 6.08. The van der Waals surface area contributed by atoms with E-state index in [2.05, 4.69) is 14.7 Å². The molecule has 0 aliphatic heterocycles. The number of rotatable bonds is 8. The summed E-state index contributed by atoms with van der Waals surface area (Å²) in [5.41, 5.74) is 2.22. The van der Waals surface area contributed by atoms with E-state index in [1.54, 1.807) is 30.6 Å². The molecule has 2 heterocycles. The Morgan fingerprint density at radius 2 is 1.85 bits per heavy atom. The van der Waals surface area contributed by atoms with Gasteiger partial charge < -0.3 is 0 Å². The lowest BCUT2D eigenvalue weighted by molar-refractivity contribution is 0.578. The summed E-state index contributed by atoms with van der Waals surface area (Å²) in [5, 5.41) is 2.80. The highest BCUT2D eigenvalue weighted by Gasteiger charge is 2.12. The average Bonchev–Trinajstić information content (AvgIpc) is 3.11. The minimum absolute atomic E-state index is 0.144. The molecule has 0 unspecified atom stereocenters. The predicted molar refractivity (Wildman–Crippen MR) is 101 cm³/mol. The van der Waals surface area contributed by atoms with Crippen molar-refractivity contribution in [1.29, 1.82) is 0 Å². The number of nitrogens with zero attached hydrogens (tertiary/aromatic N) is 2. The highest BCUT2D eigenvalue weighted by molar-refractivity contribution is 7.89. The number of aryl methyl sites for hydroxylation is 1. The highest BCUT2D eigenvalue weighted by Crippen LogP contribution is 2.22. The van der Waals surface area contributed by atoms with Crippen LogP contribution >= 0.6 is 11.3 Å². The fourth-order valence-electron chi connectivity index (χ4n) is 2.40. The van der Waals surface area contributed by atoms with Crippen LogP contribution in [0.5, 0.6) is 0 Å². The molecule has 0 radical (unpaired) electrons. The average molecular weight is 391 g/mol. The quantitative estimate of drug-likeness (QED) is 0.641. The van der Waals surface area contributed by atoms with Crippen molar-refractivity contribution in [2.24, 2.45) is 0 Å². The monoisotopic (exact) mass is 391 g/mol. The third-order valence-corrected chi connectivity index (χ3v) is 6.11. The van der Waals surface area contributed by atoms with E-state index < -0.39 is 10.0 Å². The van der Waals surface area contributed by atoms with Gasteiger partial charge in [0.2, 0.25) is 10.0 Å². The van der Waals surface area contributed by atoms with E-state index in [1.807, 2.05) is 17.5 Å². The van der Waals surface area contributed by atoms with Gasteiger partial charge in [-0.1, -0.05) is 18.2 Å². The number of pyridine rings is 1. The third kappa shape index (κ3) is 5.17. The molecule has 2 aromatic heterocycles. The van der Waals surface area contributed by atoms with Gasteiger partial charge in [0.1, 0.15) is 10.8 Å². The standard InChI is InChI=1S/C18H18FN3O2S2/c19-17-4-2-1-3-14(17)8-12-26(23,24)21-11-7-16-13-25-18(22-16)15-5-9-20-10-6-15/h1-6,9-10,13,21H,7-8,11-12H2. The second kappa shape index (κ2) is 8.48. The predicted octanol–water partition coefficient (Wildman–Crippen LogP) is 3.05. The van der Waals surface area contributed by atoms with Crippen molar-refractivity contribution >= 4 is 21.4 Å². The van der Waals surface area contributed by atoms with Crippen LogP contribution in [-0.2, 0) is 22.9 Å². The van der Waals surface area contributed by atoms with Crippen LogP contribution in [0.25, 0.3) is 10.6 Å². The van der Waals surface area contributed by atoms with Gasteiger partial charge in [0.15, 0.2) is 0 Å². The maximum Gasteiger partial charge on any atom is 0.211 e. The van der Waals surface area contributed by atoms with Gasteiger partial charge in [0, 0.05) is 36.3 Å². The number of aromatic nitrogens is 2. The number of nitrogens with one attached hydrogen (secondary N) is 1. The molecule has 0 saturated heterocycles. The molecule has 5 nitrogen and oxygen atoms in total. The van der Waals surface area contributed by atoms with Gasteiger partial charge in [0.25, 0.3) is 0 Å². The Balaban J connectivity index is 1.50. The van der Waals surface area contributed by atoms with E-state index in [1.165, 1.54) is 17.4 Å². The molecule has 1 N–H and O–H groups in total. The lowest BCUT2D eigenvalue weighted by Crippen LogP contribution is -2.29. The first kappa shape index (κ1) is 18.6. The number of halogens is 1. The van der Waals surface area contributed by atoms with Crippen molar-refractivity contribution in [3.05, 3.63) is 71.2 Å². The molecule has 0 spiro atoms. The summed E-state index contributed by atoms with van der Waals surface area (Å²) in [7, 11) is -3.46. The number of benzene rings is 1. The zero-order valence-corrected chi connectivity index (χ0v) is 15.6. The molecule has 0 saturated carbocycles. The molecular formula is C18H18FN3O2S2. The summed E-state index contributed by atoms with van der Waals surface area (Å²) in [6, 6.07) is 9.97. The molecule has 3 rings (SSSR count). The normalized spacial score (nSPS) is 11.6. The van der Waals surface area contributed by atoms with Crippen LogP contribution in [-0.4, -0.2) is 30.7 Å². The van der Waals surface area contributed by atoms with E-state index in [0.717, 1.165) is 16.3 Å². The first-order valence-corrected chi connectivity index (χ1v) is 10.6. The minimum Gasteiger partial charge on any atom is -0.265 e. The minimum atomic E-state index is -3.46. The SMILES string of the molecule is O=S(=O)(CCc1ccccc1F)NCCc1csc(-c2ccncc2)n1. The van der Waals surface area contributed by atoms with Gasteiger partial charge >= 0.3 is 0 Å². The van der Waals surface area contributed by atoms with Gasteiger partial charge in [-0.3, -0.25) is 4.98 Å². The molecule has 3 aromatic rings. The molecule has 1 aromatic carbocycles. The molecule has 0 aliphatic rings. The van der Waals surface area contributed by atoms with Crippen LogP contribution in [0.4, 0.5) is 4.39 Å². The Morgan fingerprint density at radius 3 is 2.62 bits per heavy atom. The van der Waals surface area contributed by atoms with Crippen LogP contribution in [0.1, 0.15) is 11.3 Å². The molecule has 0 atom stereocenters. The summed E-state index contributed by atoms with van der Waals surface area (Å²) in [6.07, 6.45) is 4.06. The molecule has 0 aliphatic carbocycles. The Hall–Kier alpha value is -2.16. The van der Waals surface area contributed by atoms with Crippen LogP contribution in [0.3, 0.4) is 0 Å². The maximum atomic E-state index is 13.6. The summed E-state index contributed by atoms with van der Waals surface area (Å²) >= 11 is 1.51. The van der Waals surface area contributed by atoms with Gasteiger partial charge in [0.05, 0.1) is 11.4 Å². The summed E-state index contributed by atoms with van der Waals surface area (Å²) in [4.78, 5) is 8.49. The van der Waals surface area contributed by atoms with Crippen molar-refractivity contribution in [2.45, 2.75) is 12.8 Å². The number of hydrogen-bond acceptors (Lipinski definition) is 5. The van der Waals surface area contributed by atoms with E-state index in [-0.39, 0.29) is 24.5 Å². The molecule has 0 amide bonds. The first-order valence-electron chi connectivity index (χ1n) is 8.09. The van der Waals surface area contributed by atoms with E-state index in [0.29, 0.717) is 12.0 Å². The Labute approximate surface area is 156 Å². The summed E-state index contributed by atoms with van der Waals surface area (Å²) in [5.74, 6) is -0.526. The lowest BCUT2D eigenvalue weighted by Gasteiger charge is -2.06. The Bertz CT molecular complexity index is 959. The number of sulfonamides is 1. The molecule has 26 heavy (non-hydrogen) atoms. The van der Waals surface area contributed by atoms with Gasteiger partial charge in [-0.15, -0.1) is 11.3 Å². The fraction of sp³-hybridized carbons (Fsp3) is 0.222. The second-order valence-corrected chi connectivity index (χ2v) is 8.47. The van der Waals surface area contributed by atoms with Gasteiger partial charge in [-0.05, 0) is 30.2 Å². The second-order valence-electron chi connectivity index (χ2n) is 5.68. The van der Waals surface area contributed by atoms with Crippen LogP contribution in [0, 0.1) is 5.82 Å². The maximum absolute atomic E-state index is 13.6. The summed E-state index contributed by atoms with van der Waals surface area (Å²) in [6.45, 7) is 0.263. The van der Waals surface area contributed by atoms with Crippen LogP contribution < -0.4 is 4.72 Å². The Morgan fingerprint density at radius 1 is 1.08 bits per heavy atom. The molecule has 8 heteroatoms. The topological polar surface area (TPSA) is 72.0 Å². The van der Waals surface area contributed by atoms with Crippen LogP contribution in [0.15, 0.2) is 54.2 Å². The van der Waals surface area contributed by atoms with Gasteiger partial charge in [-0.2, -0.15) is 0 Å². The smallest absolute Gasteiger partial charge is 0.211 e. The zero-order valence-electron chi connectivity index (χ0n) is 13.9. The van der Waals surface area contributed by atoms with Crippen molar-refractivity contribution in [3.63, 3.8) is 0 Å². The van der Waals surface area contributed by atoms with E-state index in [9.17, 15) is 12.8 Å². The number of thiazole rings is 1. The lowest BCUT2D eigenvalue weighted by atomic mass is 10.2. The molecular weight excluding hydrogens is 373 g/mol. The number of hydrogen-bond donors (Lipinski definition) is 1. The van der Waals surface area contributed by atoms with Crippen molar-refractivity contribution in [2.75, 3.05) is 12.3 Å². The molecule has 0 bridgehead atoms. The van der Waals surface area contributed by atoms with E-state index >= 15 is 0 Å². The largest absolute Gasteiger partial charge is 0.265 e. The fourth-order valence-corrected chi connectivity index (χ4v) is 4.31. The summed E-state index contributed by atoms with van der Waals surface area (Å²) < 4.78 is 40.3. The first-order chi connectivity index (χ1) is 12.5. The molecule has 136 valence electrons. The zero-order chi connectivity index (χ0) is 18.4. The van der Waals surface area contributed by atoms with Crippen molar-refractivity contribution in [1.82, 2.24) is 14.7 Å². The van der Waals surface area contributed by atoms with Crippen LogP contribution in [0.2, 0.25) is 0 Å². The van der Waals surface area contributed by atoms with E-state index in [4.69, 9.17) is 0 Å². The van der Waals surface area contributed by atoms with Crippen molar-refractivity contribution < 1.29 is 12.8 Å². The van der Waals surface area contributed by atoms with Crippen molar-refractivity contribution in [3.8, 4) is 10.6 Å². The third-order valence-electron chi connectivity index (χ3n) is 3.78. The van der Waals surface area contributed by atoms with Gasteiger partial charge in [-0.25, -0.2) is 22.5 Å². The highest BCUT2D eigenvalue weighted by atomic mass is 32.2.